The fourth-order valence-corrected chi connectivity index (χ4v) is 6.46. The van der Waals surface area contributed by atoms with Gasteiger partial charge in [-0.3, -0.25) is 19.0 Å². The fraction of sp³-hybridized carbons (Fsp3) is 0.0250. The molecule has 7 heteroatoms. The number of fused-ring (bicyclic) bond motifs is 4. The normalized spacial score (nSPS) is 11.5. The molecule has 0 atom stereocenters. The molecule has 1 heterocycles. The van der Waals surface area contributed by atoms with Crippen LogP contribution in [0, 0.1) is 0 Å². The Morgan fingerprint density at radius 2 is 1.21 bits per heavy atom. The number of benzene rings is 6. The quantitative estimate of drug-likeness (QED) is 0.130. The zero-order chi connectivity index (χ0) is 32.2. The van der Waals surface area contributed by atoms with Crippen LogP contribution in [-0.2, 0) is 4.79 Å². The van der Waals surface area contributed by atoms with Crippen LogP contribution in [0.3, 0.4) is 0 Å². The number of para-hydroxylation sites is 2. The van der Waals surface area contributed by atoms with Gasteiger partial charge in [0.15, 0.2) is 0 Å². The number of aromatic nitrogens is 1. The van der Waals surface area contributed by atoms with Crippen molar-refractivity contribution in [1.29, 1.82) is 0 Å². The standard InChI is InChI=1S/C40H29N3O3S/c44-38(43-36-19-8-6-17-33(36)34-18-7-9-20-37(34)43)26-47-31-23-21-30(22-24-31)41-40(46)35(42-39(45)28-12-2-1-3-13-28)25-29-15-10-14-27-11-4-5-16-32(27)29/h1-25H,26H2,(H,41,46)(H,42,45)/b35-25-. The van der Waals surface area contributed by atoms with Gasteiger partial charge in [-0.1, -0.05) is 97.1 Å². The summed E-state index contributed by atoms with van der Waals surface area (Å²) >= 11 is 1.44. The minimum atomic E-state index is -0.454. The molecular formula is C40H29N3O3S. The molecule has 0 saturated heterocycles. The Bertz CT molecular complexity index is 2250. The lowest BCUT2D eigenvalue weighted by Crippen LogP contribution is -2.30. The van der Waals surface area contributed by atoms with Gasteiger partial charge in [-0.05, 0) is 70.9 Å². The van der Waals surface area contributed by atoms with Crippen molar-refractivity contribution in [3.05, 3.63) is 162 Å². The summed E-state index contributed by atoms with van der Waals surface area (Å²) in [6, 6.07) is 45.7. The highest BCUT2D eigenvalue weighted by Crippen LogP contribution is 2.30. The number of thioether (sulfide) groups is 1. The number of hydrogen-bond acceptors (Lipinski definition) is 4. The second-order valence-corrected chi connectivity index (χ2v) is 12.0. The van der Waals surface area contributed by atoms with Gasteiger partial charge in [0.1, 0.15) is 5.70 Å². The molecule has 0 aliphatic rings. The molecule has 6 nitrogen and oxygen atoms in total. The number of nitrogens with zero attached hydrogens (tertiary/aromatic N) is 1. The zero-order valence-corrected chi connectivity index (χ0v) is 26.0. The van der Waals surface area contributed by atoms with E-state index in [9.17, 15) is 14.4 Å². The monoisotopic (exact) mass is 631 g/mol. The van der Waals surface area contributed by atoms with Crippen LogP contribution >= 0.6 is 11.8 Å². The van der Waals surface area contributed by atoms with E-state index in [0.717, 1.165) is 43.0 Å². The van der Waals surface area contributed by atoms with Crippen molar-refractivity contribution in [3.8, 4) is 0 Å². The smallest absolute Gasteiger partial charge is 0.272 e. The number of nitrogens with one attached hydrogen (secondary N) is 2. The third-order valence-electron chi connectivity index (χ3n) is 7.96. The Labute approximate surface area is 275 Å². The van der Waals surface area contributed by atoms with Crippen molar-refractivity contribution in [2.75, 3.05) is 11.1 Å². The Kier molecular flexibility index (Phi) is 8.37. The number of anilines is 1. The summed E-state index contributed by atoms with van der Waals surface area (Å²) in [5, 5.41) is 9.83. The third kappa shape index (κ3) is 6.30. The number of carbonyl (C=O) groups excluding carboxylic acids is 3. The molecule has 1 aromatic heterocycles. The number of hydrogen-bond donors (Lipinski definition) is 2. The molecule has 0 unspecified atom stereocenters. The fourth-order valence-electron chi connectivity index (χ4n) is 5.71. The first-order valence-electron chi connectivity index (χ1n) is 15.2. The molecule has 7 aromatic rings. The van der Waals surface area contributed by atoms with Gasteiger partial charge in [-0.15, -0.1) is 11.8 Å². The van der Waals surface area contributed by atoms with Crippen LogP contribution in [0.1, 0.15) is 20.7 Å². The Morgan fingerprint density at radius 3 is 1.91 bits per heavy atom. The predicted octanol–water partition coefficient (Wildman–Crippen LogP) is 8.79. The van der Waals surface area contributed by atoms with E-state index in [2.05, 4.69) is 10.6 Å². The highest BCUT2D eigenvalue weighted by molar-refractivity contribution is 8.00. The van der Waals surface area contributed by atoms with Crippen LogP contribution in [0.2, 0.25) is 0 Å². The van der Waals surface area contributed by atoms with Crippen molar-refractivity contribution in [3.63, 3.8) is 0 Å². The van der Waals surface area contributed by atoms with E-state index < -0.39 is 5.91 Å². The van der Waals surface area contributed by atoms with Crippen molar-refractivity contribution >= 4 is 73.8 Å². The molecule has 0 aliphatic heterocycles. The Hall–Kier alpha value is -5.92. The van der Waals surface area contributed by atoms with Gasteiger partial charge >= 0.3 is 0 Å². The average Bonchev–Trinajstić information content (AvgIpc) is 3.46. The summed E-state index contributed by atoms with van der Waals surface area (Å²) in [6.45, 7) is 0. The molecule has 0 fully saturated rings. The van der Waals surface area contributed by atoms with Gasteiger partial charge in [-0.2, -0.15) is 0 Å². The van der Waals surface area contributed by atoms with Crippen LogP contribution in [-0.4, -0.2) is 28.0 Å². The van der Waals surface area contributed by atoms with E-state index in [0.29, 0.717) is 11.3 Å². The molecule has 2 N–H and O–H groups in total. The van der Waals surface area contributed by atoms with Gasteiger partial charge in [0.2, 0.25) is 5.91 Å². The van der Waals surface area contributed by atoms with Crippen molar-refractivity contribution < 1.29 is 14.4 Å². The molecule has 0 spiro atoms. The predicted molar refractivity (Wildman–Crippen MR) is 192 cm³/mol. The maximum absolute atomic E-state index is 13.6. The van der Waals surface area contributed by atoms with Gasteiger partial charge < -0.3 is 10.6 Å². The Morgan fingerprint density at radius 1 is 0.617 bits per heavy atom. The molecule has 0 radical (unpaired) electrons. The van der Waals surface area contributed by atoms with Crippen molar-refractivity contribution in [2.24, 2.45) is 0 Å². The summed E-state index contributed by atoms with van der Waals surface area (Å²) in [5.74, 6) is -0.601. The van der Waals surface area contributed by atoms with Crippen molar-refractivity contribution in [2.45, 2.75) is 4.90 Å². The summed E-state index contributed by atoms with van der Waals surface area (Å²) in [7, 11) is 0. The van der Waals surface area contributed by atoms with E-state index in [1.165, 1.54) is 11.8 Å². The molecule has 0 saturated carbocycles. The van der Waals surface area contributed by atoms with E-state index in [-0.39, 0.29) is 23.3 Å². The summed E-state index contributed by atoms with van der Waals surface area (Å²) in [6.07, 6.45) is 1.70. The summed E-state index contributed by atoms with van der Waals surface area (Å²) in [4.78, 5) is 41.1. The molecule has 6 aromatic carbocycles. The van der Waals surface area contributed by atoms with E-state index in [1.54, 1.807) is 47.0 Å². The first kappa shape index (κ1) is 29.8. The summed E-state index contributed by atoms with van der Waals surface area (Å²) < 4.78 is 1.79. The number of rotatable bonds is 8. The number of carbonyl (C=O) groups is 3. The lowest BCUT2D eigenvalue weighted by molar-refractivity contribution is -0.113. The first-order chi connectivity index (χ1) is 23.0. The third-order valence-corrected chi connectivity index (χ3v) is 8.95. The zero-order valence-electron chi connectivity index (χ0n) is 25.2. The maximum atomic E-state index is 13.6. The largest absolute Gasteiger partial charge is 0.321 e. The van der Waals surface area contributed by atoms with E-state index >= 15 is 0 Å². The van der Waals surface area contributed by atoms with Gasteiger partial charge in [-0.25, -0.2) is 0 Å². The number of amides is 2. The van der Waals surface area contributed by atoms with Crippen LogP contribution in [0.15, 0.2) is 156 Å². The summed E-state index contributed by atoms with van der Waals surface area (Å²) in [5.41, 5.74) is 3.71. The minimum absolute atomic E-state index is 0.0119. The van der Waals surface area contributed by atoms with E-state index in [4.69, 9.17) is 0 Å². The van der Waals surface area contributed by atoms with Gasteiger partial charge in [0, 0.05) is 26.9 Å². The molecular weight excluding hydrogens is 603 g/mol. The van der Waals surface area contributed by atoms with Crippen LogP contribution < -0.4 is 10.6 Å². The Balaban J connectivity index is 1.09. The second kappa shape index (κ2) is 13.2. The van der Waals surface area contributed by atoms with Gasteiger partial charge in [0.05, 0.1) is 16.8 Å². The van der Waals surface area contributed by atoms with Crippen LogP contribution in [0.4, 0.5) is 5.69 Å². The average molecular weight is 632 g/mol. The van der Waals surface area contributed by atoms with Crippen LogP contribution in [0.25, 0.3) is 38.7 Å². The van der Waals surface area contributed by atoms with Crippen molar-refractivity contribution in [1.82, 2.24) is 9.88 Å². The SMILES string of the molecule is O=C(Nc1ccc(SCC(=O)n2c3ccccc3c3ccccc32)cc1)/C(=C/c1cccc2ccccc12)NC(=O)c1ccccc1. The highest BCUT2D eigenvalue weighted by atomic mass is 32.2. The minimum Gasteiger partial charge on any atom is -0.321 e. The highest BCUT2D eigenvalue weighted by Gasteiger charge is 2.17. The van der Waals surface area contributed by atoms with E-state index in [1.807, 2.05) is 109 Å². The molecule has 0 aliphatic carbocycles. The lowest BCUT2D eigenvalue weighted by Gasteiger charge is -2.13. The lowest BCUT2D eigenvalue weighted by atomic mass is 10.0. The maximum Gasteiger partial charge on any atom is 0.272 e. The molecule has 47 heavy (non-hydrogen) atoms. The molecule has 7 rings (SSSR count). The second-order valence-electron chi connectivity index (χ2n) is 11.0. The van der Waals surface area contributed by atoms with Crippen LogP contribution in [0.5, 0.6) is 0 Å². The molecule has 2 amide bonds. The topological polar surface area (TPSA) is 80.2 Å². The molecule has 228 valence electrons. The van der Waals surface area contributed by atoms with Gasteiger partial charge in [0.25, 0.3) is 11.8 Å². The first-order valence-corrected chi connectivity index (χ1v) is 16.2. The molecule has 0 bridgehead atoms.